The Labute approximate surface area is 106 Å². The van der Waals surface area contributed by atoms with E-state index in [4.69, 9.17) is 21.2 Å². The van der Waals surface area contributed by atoms with Gasteiger partial charge in [-0.05, 0) is 11.6 Å². The molecule has 16 heavy (non-hydrogen) atoms. The molecule has 1 aromatic carbocycles. The first-order valence-corrected chi connectivity index (χ1v) is 5.96. The number of aliphatic hydroxyl groups excluding tert-OH is 1. The number of alkyl halides is 1. The van der Waals surface area contributed by atoms with Crippen molar-refractivity contribution in [1.29, 1.82) is 0 Å². The van der Waals surface area contributed by atoms with E-state index >= 15 is 0 Å². The Morgan fingerprint density at radius 2 is 2.19 bits per heavy atom. The van der Waals surface area contributed by atoms with E-state index in [1.807, 2.05) is 24.3 Å². The number of hydrogen-bond donors (Lipinski definition) is 1. The average Bonchev–Trinajstić information content (AvgIpc) is 2.77. The first-order chi connectivity index (χ1) is 7.74. The van der Waals surface area contributed by atoms with Crippen molar-refractivity contribution in [2.45, 2.75) is 11.4 Å². The molecule has 1 heterocycles. The molecule has 1 N–H and O–H groups in total. The third-order valence-electron chi connectivity index (χ3n) is 2.26. The van der Waals surface area contributed by atoms with Gasteiger partial charge in [0.1, 0.15) is 12.0 Å². The van der Waals surface area contributed by atoms with E-state index in [2.05, 4.69) is 21.1 Å². The third kappa shape index (κ3) is 2.14. The molecule has 0 aliphatic carbocycles. The predicted octanol–water partition coefficient (Wildman–Crippen LogP) is 3.30. The first-order valence-electron chi connectivity index (χ1n) is 4.66. The monoisotopic (exact) mass is 301 g/mol. The normalized spacial score (nSPS) is 12.7. The van der Waals surface area contributed by atoms with Gasteiger partial charge in [0.2, 0.25) is 0 Å². The second kappa shape index (κ2) is 4.99. The van der Waals surface area contributed by atoms with Crippen molar-refractivity contribution in [3.63, 3.8) is 0 Å². The van der Waals surface area contributed by atoms with E-state index < -0.39 is 0 Å². The standard InChI is InChI=1S/C11H9BrClNO2/c12-10(8-3-1-2-4-9(8)13)11-7(5-15)6-16-14-11/h1-4,6,10,15H,5H2. The van der Waals surface area contributed by atoms with E-state index in [9.17, 15) is 0 Å². The van der Waals surface area contributed by atoms with Crippen LogP contribution in [0.25, 0.3) is 0 Å². The molecule has 2 rings (SSSR count). The molecule has 0 bridgehead atoms. The van der Waals surface area contributed by atoms with Crippen LogP contribution in [0.5, 0.6) is 0 Å². The number of benzene rings is 1. The van der Waals surface area contributed by atoms with Crippen LogP contribution in [0.2, 0.25) is 5.02 Å². The van der Waals surface area contributed by atoms with Crippen LogP contribution in [-0.2, 0) is 6.61 Å². The predicted molar refractivity (Wildman–Crippen MR) is 64.6 cm³/mol. The Hall–Kier alpha value is -0.840. The smallest absolute Gasteiger partial charge is 0.129 e. The van der Waals surface area contributed by atoms with E-state index in [0.29, 0.717) is 16.3 Å². The fraction of sp³-hybridized carbons (Fsp3) is 0.182. The molecule has 0 saturated carbocycles. The Bertz CT molecular complexity index is 486. The summed E-state index contributed by atoms with van der Waals surface area (Å²) in [7, 11) is 0. The number of nitrogens with zero attached hydrogens (tertiary/aromatic N) is 1. The van der Waals surface area contributed by atoms with Crippen molar-refractivity contribution in [3.05, 3.63) is 52.4 Å². The van der Waals surface area contributed by atoms with Gasteiger partial charge in [-0.2, -0.15) is 0 Å². The Morgan fingerprint density at radius 1 is 1.44 bits per heavy atom. The van der Waals surface area contributed by atoms with E-state index in [-0.39, 0.29) is 11.4 Å². The van der Waals surface area contributed by atoms with Crippen molar-refractivity contribution < 1.29 is 9.63 Å². The van der Waals surface area contributed by atoms with Crippen molar-refractivity contribution in [3.8, 4) is 0 Å². The highest BCUT2D eigenvalue weighted by molar-refractivity contribution is 9.09. The molecule has 2 aromatic rings. The summed E-state index contributed by atoms with van der Waals surface area (Å²) in [6.45, 7) is -0.106. The van der Waals surface area contributed by atoms with Crippen molar-refractivity contribution in [2.75, 3.05) is 0 Å². The largest absolute Gasteiger partial charge is 0.391 e. The van der Waals surface area contributed by atoms with Gasteiger partial charge in [-0.25, -0.2) is 0 Å². The number of hydrogen-bond acceptors (Lipinski definition) is 3. The van der Waals surface area contributed by atoms with Gasteiger partial charge in [0, 0.05) is 10.6 Å². The van der Waals surface area contributed by atoms with Gasteiger partial charge in [-0.1, -0.05) is 50.9 Å². The molecule has 1 atom stereocenters. The number of aliphatic hydroxyl groups is 1. The SMILES string of the molecule is OCc1conc1C(Br)c1ccccc1Cl. The highest BCUT2D eigenvalue weighted by atomic mass is 79.9. The maximum Gasteiger partial charge on any atom is 0.129 e. The summed E-state index contributed by atoms with van der Waals surface area (Å²) < 4.78 is 4.84. The van der Waals surface area contributed by atoms with Crippen LogP contribution in [0.15, 0.2) is 35.1 Å². The van der Waals surface area contributed by atoms with Gasteiger partial charge in [0.05, 0.1) is 11.4 Å². The molecule has 1 aromatic heterocycles. The number of halogens is 2. The highest BCUT2D eigenvalue weighted by Gasteiger charge is 2.20. The van der Waals surface area contributed by atoms with Gasteiger partial charge in [0.25, 0.3) is 0 Å². The summed E-state index contributed by atoms with van der Waals surface area (Å²) in [5, 5.41) is 13.6. The van der Waals surface area contributed by atoms with E-state index in [1.54, 1.807) is 0 Å². The Kier molecular flexibility index (Phi) is 3.63. The second-order valence-corrected chi connectivity index (χ2v) is 4.59. The van der Waals surface area contributed by atoms with Gasteiger partial charge >= 0.3 is 0 Å². The summed E-state index contributed by atoms with van der Waals surface area (Å²) in [6, 6.07) is 7.47. The molecule has 5 heteroatoms. The number of aromatic nitrogens is 1. The van der Waals surface area contributed by atoms with Crippen LogP contribution >= 0.6 is 27.5 Å². The maximum atomic E-state index is 9.12. The second-order valence-electron chi connectivity index (χ2n) is 3.27. The summed E-state index contributed by atoms with van der Waals surface area (Å²) in [4.78, 5) is -0.179. The molecule has 3 nitrogen and oxygen atoms in total. The van der Waals surface area contributed by atoms with Crippen LogP contribution in [-0.4, -0.2) is 10.3 Å². The minimum Gasteiger partial charge on any atom is -0.391 e. The fourth-order valence-corrected chi connectivity index (χ4v) is 2.57. The lowest BCUT2D eigenvalue weighted by atomic mass is 10.1. The molecule has 0 fully saturated rings. The molecule has 0 amide bonds. The quantitative estimate of drug-likeness (QED) is 0.885. The van der Waals surface area contributed by atoms with Crippen LogP contribution in [0, 0.1) is 0 Å². The summed E-state index contributed by atoms with van der Waals surface area (Å²) in [5.41, 5.74) is 2.20. The van der Waals surface area contributed by atoms with Crippen molar-refractivity contribution in [2.24, 2.45) is 0 Å². The molecule has 0 saturated heterocycles. The average molecular weight is 303 g/mol. The molecule has 0 aliphatic heterocycles. The first kappa shape index (κ1) is 11.6. The lowest BCUT2D eigenvalue weighted by Gasteiger charge is -2.09. The number of rotatable bonds is 3. The third-order valence-corrected chi connectivity index (χ3v) is 3.53. The zero-order valence-electron chi connectivity index (χ0n) is 8.23. The maximum absolute atomic E-state index is 9.12. The molecular weight excluding hydrogens is 293 g/mol. The van der Waals surface area contributed by atoms with Crippen LogP contribution in [0.1, 0.15) is 21.6 Å². The zero-order valence-corrected chi connectivity index (χ0v) is 10.6. The minimum absolute atomic E-state index is 0.106. The molecular formula is C11H9BrClNO2. The molecule has 84 valence electrons. The van der Waals surface area contributed by atoms with Crippen LogP contribution < -0.4 is 0 Å². The molecule has 0 radical (unpaired) electrons. The summed E-state index contributed by atoms with van der Waals surface area (Å²) in [5.74, 6) is 0. The Morgan fingerprint density at radius 3 is 2.88 bits per heavy atom. The minimum atomic E-state index is -0.179. The summed E-state index contributed by atoms with van der Waals surface area (Å²) >= 11 is 9.58. The molecule has 0 spiro atoms. The lowest BCUT2D eigenvalue weighted by molar-refractivity contribution is 0.279. The zero-order chi connectivity index (χ0) is 11.5. The van der Waals surface area contributed by atoms with E-state index in [0.717, 1.165) is 5.56 Å². The van der Waals surface area contributed by atoms with Crippen molar-refractivity contribution in [1.82, 2.24) is 5.16 Å². The lowest BCUT2D eigenvalue weighted by Crippen LogP contribution is -1.98. The fourth-order valence-electron chi connectivity index (χ4n) is 1.42. The highest BCUT2D eigenvalue weighted by Crippen LogP contribution is 2.35. The van der Waals surface area contributed by atoms with Gasteiger partial charge in [0.15, 0.2) is 0 Å². The van der Waals surface area contributed by atoms with Gasteiger partial charge in [-0.3, -0.25) is 0 Å². The molecule has 1 unspecified atom stereocenters. The molecule has 0 aliphatic rings. The topological polar surface area (TPSA) is 46.3 Å². The Balaban J connectivity index is 2.39. The summed E-state index contributed by atoms with van der Waals surface area (Å²) in [6.07, 6.45) is 1.43. The van der Waals surface area contributed by atoms with E-state index in [1.165, 1.54) is 6.26 Å². The van der Waals surface area contributed by atoms with Gasteiger partial charge in [-0.15, -0.1) is 0 Å². The van der Waals surface area contributed by atoms with Gasteiger partial charge < -0.3 is 9.63 Å². The van der Waals surface area contributed by atoms with Crippen molar-refractivity contribution >= 4 is 27.5 Å². The van der Waals surface area contributed by atoms with Crippen LogP contribution in [0.3, 0.4) is 0 Å². The van der Waals surface area contributed by atoms with Crippen LogP contribution in [0.4, 0.5) is 0 Å².